The quantitative estimate of drug-likeness (QED) is 0.637. The van der Waals surface area contributed by atoms with E-state index in [9.17, 15) is 4.39 Å². The monoisotopic (exact) mass is 249 g/mol. The van der Waals surface area contributed by atoms with Crippen LogP contribution in [0.2, 0.25) is 0 Å². The molecule has 0 saturated carbocycles. The van der Waals surface area contributed by atoms with Crippen molar-refractivity contribution in [2.75, 3.05) is 18.0 Å². The molecule has 0 aromatic heterocycles. The second kappa shape index (κ2) is 5.38. The van der Waals surface area contributed by atoms with E-state index in [4.69, 9.17) is 11.1 Å². The van der Waals surface area contributed by atoms with Crippen molar-refractivity contribution in [2.45, 2.75) is 26.2 Å². The maximum Gasteiger partial charge on any atom is 0.136 e. The van der Waals surface area contributed by atoms with Gasteiger partial charge in [0.1, 0.15) is 11.7 Å². The van der Waals surface area contributed by atoms with E-state index in [2.05, 4.69) is 11.8 Å². The minimum Gasteiger partial charge on any atom is -0.384 e. The molecule has 0 bridgehead atoms. The summed E-state index contributed by atoms with van der Waals surface area (Å²) in [4.78, 5) is 2.15. The molecule has 1 aromatic rings. The van der Waals surface area contributed by atoms with Gasteiger partial charge in [0.15, 0.2) is 0 Å². The van der Waals surface area contributed by atoms with E-state index < -0.39 is 5.82 Å². The second-order valence-corrected chi connectivity index (χ2v) is 4.94. The molecule has 1 aliphatic rings. The summed E-state index contributed by atoms with van der Waals surface area (Å²) in [5.41, 5.74) is 6.50. The Bertz CT molecular complexity index is 445. The van der Waals surface area contributed by atoms with Gasteiger partial charge < -0.3 is 10.6 Å². The third-order valence-corrected chi connectivity index (χ3v) is 3.58. The van der Waals surface area contributed by atoms with E-state index in [1.54, 1.807) is 6.07 Å². The van der Waals surface area contributed by atoms with Crippen LogP contribution in [0.3, 0.4) is 0 Å². The Kier molecular flexibility index (Phi) is 3.84. The van der Waals surface area contributed by atoms with Gasteiger partial charge in [0.25, 0.3) is 0 Å². The predicted molar refractivity (Wildman–Crippen MR) is 72.6 cm³/mol. The van der Waals surface area contributed by atoms with Crippen LogP contribution in [0, 0.1) is 17.1 Å². The zero-order valence-electron chi connectivity index (χ0n) is 10.7. The molecule has 1 aliphatic heterocycles. The Morgan fingerprint density at radius 2 is 2.33 bits per heavy atom. The minimum atomic E-state index is -0.404. The van der Waals surface area contributed by atoms with E-state index in [1.807, 2.05) is 6.07 Å². The number of amidine groups is 1. The highest BCUT2D eigenvalue weighted by Gasteiger charge is 2.25. The molecule has 1 heterocycles. The first-order valence-corrected chi connectivity index (χ1v) is 6.51. The fraction of sp³-hybridized carbons (Fsp3) is 0.500. The molecule has 3 N–H and O–H groups in total. The molecule has 1 aromatic carbocycles. The summed E-state index contributed by atoms with van der Waals surface area (Å²) >= 11 is 0. The molecule has 0 amide bonds. The van der Waals surface area contributed by atoms with Gasteiger partial charge >= 0.3 is 0 Å². The molecule has 98 valence electrons. The summed E-state index contributed by atoms with van der Waals surface area (Å²) in [7, 11) is 0. The van der Waals surface area contributed by atoms with Crippen LogP contribution in [-0.4, -0.2) is 18.9 Å². The molecule has 18 heavy (non-hydrogen) atoms. The van der Waals surface area contributed by atoms with Crippen LogP contribution < -0.4 is 10.6 Å². The van der Waals surface area contributed by atoms with Crippen LogP contribution in [0.25, 0.3) is 0 Å². The van der Waals surface area contributed by atoms with Gasteiger partial charge in [-0.25, -0.2) is 4.39 Å². The third-order valence-electron chi connectivity index (χ3n) is 3.58. The summed E-state index contributed by atoms with van der Waals surface area (Å²) < 4.78 is 13.8. The van der Waals surface area contributed by atoms with Gasteiger partial charge in [-0.15, -0.1) is 0 Å². The first-order chi connectivity index (χ1) is 8.63. The minimum absolute atomic E-state index is 0.193. The lowest BCUT2D eigenvalue weighted by Crippen LogP contribution is -2.25. The highest BCUT2D eigenvalue weighted by atomic mass is 19.1. The summed E-state index contributed by atoms with van der Waals surface area (Å²) in [6.45, 7) is 4.05. The number of nitrogens with zero attached hydrogens (tertiary/aromatic N) is 1. The van der Waals surface area contributed by atoms with Crippen molar-refractivity contribution in [3.05, 3.63) is 29.6 Å². The van der Waals surface area contributed by atoms with E-state index in [-0.39, 0.29) is 11.4 Å². The summed E-state index contributed by atoms with van der Waals surface area (Å²) in [5.74, 6) is 0.0825. The number of rotatable bonds is 4. The molecular weight excluding hydrogens is 229 g/mol. The van der Waals surface area contributed by atoms with Crippen molar-refractivity contribution >= 4 is 11.5 Å². The topological polar surface area (TPSA) is 53.1 Å². The number of hydrogen-bond donors (Lipinski definition) is 2. The average Bonchev–Trinajstić information content (AvgIpc) is 2.77. The van der Waals surface area contributed by atoms with Gasteiger partial charge in [0.05, 0.1) is 11.3 Å². The van der Waals surface area contributed by atoms with E-state index in [0.29, 0.717) is 5.92 Å². The molecule has 1 atom stereocenters. The van der Waals surface area contributed by atoms with Crippen molar-refractivity contribution in [1.82, 2.24) is 0 Å². The standard InChI is InChI=1S/C14H20FN3/c1-2-4-10-7-8-18(9-10)12-6-3-5-11(15)13(12)14(16)17/h3,5-6,10H,2,4,7-9H2,1H3,(H3,16,17). The largest absolute Gasteiger partial charge is 0.384 e. The number of halogens is 1. The molecule has 1 saturated heterocycles. The highest BCUT2D eigenvalue weighted by molar-refractivity contribution is 6.00. The zero-order chi connectivity index (χ0) is 13.1. The number of anilines is 1. The van der Waals surface area contributed by atoms with E-state index in [0.717, 1.165) is 25.2 Å². The molecule has 4 heteroatoms. The number of benzene rings is 1. The third kappa shape index (κ3) is 2.47. The Balaban J connectivity index is 2.24. The number of hydrogen-bond acceptors (Lipinski definition) is 2. The van der Waals surface area contributed by atoms with Gasteiger partial charge in [0, 0.05) is 13.1 Å². The van der Waals surface area contributed by atoms with Crippen molar-refractivity contribution in [1.29, 1.82) is 5.41 Å². The Hall–Kier alpha value is -1.58. The van der Waals surface area contributed by atoms with Crippen molar-refractivity contribution in [3.8, 4) is 0 Å². The molecular formula is C14H20FN3. The maximum atomic E-state index is 13.8. The average molecular weight is 249 g/mol. The molecule has 1 fully saturated rings. The summed E-state index contributed by atoms with van der Waals surface area (Å²) in [5, 5.41) is 7.52. The van der Waals surface area contributed by atoms with Crippen LogP contribution >= 0.6 is 0 Å². The highest BCUT2D eigenvalue weighted by Crippen LogP contribution is 2.30. The van der Waals surface area contributed by atoms with Gasteiger partial charge in [0.2, 0.25) is 0 Å². The smallest absolute Gasteiger partial charge is 0.136 e. The molecule has 2 rings (SSSR count). The lowest BCUT2D eigenvalue weighted by atomic mass is 10.0. The van der Waals surface area contributed by atoms with Crippen molar-refractivity contribution in [3.63, 3.8) is 0 Å². The van der Waals surface area contributed by atoms with Crippen LogP contribution in [0.4, 0.5) is 10.1 Å². The summed E-state index contributed by atoms with van der Waals surface area (Å²) in [6, 6.07) is 4.90. The molecule has 0 radical (unpaired) electrons. The first-order valence-electron chi connectivity index (χ1n) is 6.51. The van der Waals surface area contributed by atoms with Gasteiger partial charge in [-0.2, -0.15) is 0 Å². The lowest BCUT2D eigenvalue weighted by molar-refractivity contribution is 0.529. The van der Waals surface area contributed by atoms with Crippen LogP contribution in [0.5, 0.6) is 0 Å². The number of nitrogen functional groups attached to an aromatic ring is 1. The molecule has 0 aliphatic carbocycles. The summed E-state index contributed by atoms with van der Waals surface area (Å²) in [6.07, 6.45) is 3.53. The van der Waals surface area contributed by atoms with Crippen molar-refractivity contribution < 1.29 is 4.39 Å². The van der Waals surface area contributed by atoms with Gasteiger partial charge in [-0.05, 0) is 30.9 Å². The lowest BCUT2D eigenvalue weighted by Gasteiger charge is -2.22. The van der Waals surface area contributed by atoms with Crippen LogP contribution in [0.1, 0.15) is 31.7 Å². The first kappa shape index (κ1) is 12.9. The second-order valence-electron chi connectivity index (χ2n) is 4.94. The number of nitrogens with two attached hydrogens (primary N) is 1. The zero-order valence-corrected chi connectivity index (χ0v) is 10.7. The maximum absolute atomic E-state index is 13.8. The normalized spacial score (nSPS) is 19.2. The van der Waals surface area contributed by atoms with Crippen LogP contribution in [0.15, 0.2) is 18.2 Å². The Morgan fingerprint density at radius 3 is 3.00 bits per heavy atom. The molecule has 0 spiro atoms. The number of nitrogens with one attached hydrogen (secondary N) is 1. The van der Waals surface area contributed by atoms with E-state index in [1.165, 1.54) is 18.9 Å². The fourth-order valence-electron chi connectivity index (χ4n) is 2.74. The van der Waals surface area contributed by atoms with Crippen LogP contribution in [-0.2, 0) is 0 Å². The SMILES string of the molecule is CCCC1CCN(c2cccc(F)c2C(=N)N)C1. The molecule has 3 nitrogen and oxygen atoms in total. The van der Waals surface area contributed by atoms with Gasteiger partial charge in [-0.1, -0.05) is 19.4 Å². The van der Waals surface area contributed by atoms with Crippen molar-refractivity contribution in [2.24, 2.45) is 11.7 Å². The van der Waals surface area contributed by atoms with Gasteiger partial charge in [-0.3, -0.25) is 5.41 Å². The van der Waals surface area contributed by atoms with E-state index >= 15 is 0 Å². The Labute approximate surface area is 107 Å². The predicted octanol–water partition coefficient (Wildman–Crippen LogP) is 2.74. The fourth-order valence-corrected chi connectivity index (χ4v) is 2.74. The Morgan fingerprint density at radius 1 is 1.56 bits per heavy atom. The molecule has 1 unspecified atom stereocenters.